The van der Waals surface area contributed by atoms with Crippen LogP contribution < -0.4 is 0 Å². The number of carbonyl (C=O) groups excluding carboxylic acids is 1. The quantitative estimate of drug-likeness (QED) is 0.531. The highest BCUT2D eigenvalue weighted by molar-refractivity contribution is 5.78. The van der Waals surface area contributed by atoms with Crippen LogP contribution in [0.4, 0.5) is 17.6 Å². The Kier molecular flexibility index (Phi) is 5.28. The summed E-state index contributed by atoms with van der Waals surface area (Å²) in [5.41, 5.74) is 0.561. The second-order valence-electron chi connectivity index (χ2n) is 6.18. The van der Waals surface area contributed by atoms with E-state index in [-0.39, 0.29) is 29.1 Å². The average Bonchev–Trinajstić information content (AvgIpc) is 2.96. The number of aryl methyl sites for hydroxylation is 1. The minimum absolute atomic E-state index is 0.0333. The van der Waals surface area contributed by atoms with Crippen molar-refractivity contribution in [2.24, 2.45) is 0 Å². The number of aliphatic hydroxyl groups is 1. The van der Waals surface area contributed by atoms with Gasteiger partial charge < -0.3 is 5.11 Å². The molecular weight excluding hydrogens is 378 g/mol. The summed E-state index contributed by atoms with van der Waals surface area (Å²) in [5.74, 6) is -0.690. The number of aliphatic hydroxyl groups excluding tert-OH is 1. The molecule has 0 bridgehead atoms. The highest BCUT2D eigenvalue weighted by Gasteiger charge is 2.31. The number of aromatic nitrogens is 3. The lowest BCUT2D eigenvalue weighted by atomic mass is 10.0. The summed E-state index contributed by atoms with van der Waals surface area (Å²) >= 11 is 0. The van der Waals surface area contributed by atoms with Gasteiger partial charge in [-0.1, -0.05) is 0 Å². The second-order valence-corrected chi connectivity index (χ2v) is 6.18. The van der Waals surface area contributed by atoms with Crippen molar-refractivity contribution in [3.63, 3.8) is 0 Å². The van der Waals surface area contributed by atoms with Gasteiger partial charge in [-0.15, -0.1) is 0 Å². The molecule has 0 amide bonds. The van der Waals surface area contributed by atoms with Crippen molar-refractivity contribution in [1.82, 2.24) is 14.8 Å². The van der Waals surface area contributed by atoms with Crippen LogP contribution in [0, 0.1) is 12.7 Å². The third-order valence-corrected chi connectivity index (χ3v) is 4.19. The number of rotatable bonds is 5. The Hall–Kier alpha value is -3.07. The van der Waals surface area contributed by atoms with Crippen LogP contribution in [-0.2, 0) is 19.2 Å². The molecule has 0 atom stereocenters. The Morgan fingerprint density at radius 2 is 1.93 bits per heavy atom. The highest BCUT2D eigenvalue weighted by Crippen LogP contribution is 2.31. The van der Waals surface area contributed by atoms with E-state index in [4.69, 9.17) is 0 Å². The largest absolute Gasteiger partial charge is 0.416 e. The third kappa shape index (κ3) is 3.94. The van der Waals surface area contributed by atoms with E-state index in [0.29, 0.717) is 23.6 Å². The fourth-order valence-corrected chi connectivity index (χ4v) is 2.92. The lowest BCUT2D eigenvalue weighted by molar-refractivity contribution is -0.137. The predicted octanol–water partition coefficient (Wildman–Crippen LogP) is 3.63. The molecule has 0 aliphatic rings. The van der Waals surface area contributed by atoms with Crippen LogP contribution in [0.5, 0.6) is 0 Å². The number of aldehydes is 1. The Morgan fingerprint density at radius 3 is 2.57 bits per heavy atom. The number of carbonyl (C=O) groups is 1. The molecule has 3 aromatic rings. The first-order valence-corrected chi connectivity index (χ1v) is 8.19. The summed E-state index contributed by atoms with van der Waals surface area (Å²) in [4.78, 5) is 15.3. The van der Waals surface area contributed by atoms with Crippen LogP contribution in [0.15, 0.2) is 36.5 Å². The average molecular weight is 393 g/mol. The number of hydrogen-bond donors (Lipinski definition) is 1. The van der Waals surface area contributed by atoms with Crippen molar-refractivity contribution in [2.45, 2.75) is 26.1 Å². The summed E-state index contributed by atoms with van der Waals surface area (Å²) in [5, 5.41) is 13.7. The van der Waals surface area contributed by atoms with Crippen molar-refractivity contribution in [2.75, 3.05) is 0 Å². The molecule has 1 aromatic carbocycles. The normalized spacial score (nSPS) is 11.6. The zero-order valence-corrected chi connectivity index (χ0v) is 14.7. The van der Waals surface area contributed by atoms with Crippen molar-refractivity contribution < 1.29 is 27.5 Å². The molecule has 2 heterocycles. The summed E-state index contributed by atoms with van der Waals surface area (Å²) in [6.07, 6.45) is -2.60. The van der Waals surface area contributed by atoms with Crippen molar-refractivity contribution in [3.8, 4) is 5.82 Å². The number of hydrogen-bond acceptors (Lipinski definition) is 4. The second kappa shape index (κ2) is 7.51. The van der Waals surface area contributed by atoms with Gasteiger partial charge in [-0.2, -0.15) is 18.3 Å². The summed E-state index contributed by atoms with van der Waals surface area (Å²) in [7, 11) is 0. The SMILES string of the molecule is Cc1nn(-c2cc(Cc3cc(F)cc(C(F)(F)F)c3)ccn2)c(CO)c1C=O. The van der Waals surface area contributed by atoms with Crippen LogP contribution >= 0.6 is 0 Å². The predicted molar refractivity (Wildman–Crippen MR) is 91.6 cm³/mol. The monoisotopic (exact) mass is 393 g/mol. The molecule has 0 saturated carbocycles. The molecule has 0 spiro atoms. The van der Waals surface area contributed by atoms with E-state index in [1.54, 1.807) is 19.1 Å². The van der Waals surface area contributed by atoms with Crippen molar-refractivity contribution in [1.29, 1.82) is 0 Å². The minimum Gasteiger partial charge on any atom is -0.390 e. The number of nitrogens with zero attached hydrogens (tertiary/aromatic N) is 3. The fourth-order valence-electron chi connectivity index (χ4n) is 2.92. The van der Waals surface area contributed by atoms with Crippen LogP contribution in [0.2, 0.25) is 0 Å². The Morgan fingerprint density at radius 1 is 1.18 bits per heavy atom. The van der Waals surface area contributed by atoms with Gasteiger partial charge in [-0.3, -0.25) is 4.79 Å². The van der Waals surface area contributed by atoms with Crippen LogP contribution in [0.1, 0.15) is 38.4 Å². The maximum absolute atomic E-state index is 13.6. The standard InChI is InChI=1S/C19H15F4N3O2/c1-11-16(9-27)17(10-28)26(25-11)18-7-12(2-3-24-18)4-13-5-14(19(21,22)23)8-15(20)6-13/h2-3,5-9,28H,4,10H2,1H3. The van der Waals surface area contributed by atoms with Gasteiger partial charge in [0.2, 0.25) is 0 Å². The molecule has 0 unspecified atom stereocenters. The topological polar surface area (TPSA) is 68.0 Å². The summed E-state index contributed by atoms with van der Waals surface area (Å²) in [6, 6.07) is 5.51. The fraction of sp³-hybridized carbons (Fsp3) is 0.211. The molecule has 1 N–H and O–H groups in total. The van der Waals surface area contributed by atoms with Crippen molar-refractivity contribution in [3.05, 3.63) is 76.0 Å². The number of alkyl halides is 3. The Bertz CT molecular complexity index is 1030. The first-order chi connectivity index (χ1) is 13.2. The minimum atomic E-state index is -4.64. The molecule has 9 heteroatoms. The van der Waals surface area contributed by atoms with E-state index in [9.17, 15) is 27.5 Å². The summed E-state index contributed by atoms with van der Waals surface area (Å²) in [6.45, 7) is 1.16. The molecule has 0 aliphatic heterocycles. The molecule has 0 saturated heterocycles. The van der Waals surface area contributed by atoms with E-state index >= 15 is 0 Å². The smallest absolute Gasteiger partial charge is 0.390 e. The van der Waals surface area contributed by atoms with E-state index < -0.39 is 24.2 Å². The van der Waals surface area contributed by atoms with Gasteiger partial charge in [-0.25, -0.2) is 14.1 Å². The zero-order valence-electron chi connectivity index (χ0n) is 14.7. The molecule has 0 radical (unpaired) electrons. The molecular formula is C19H15F4N3O2. The maximum Gasteiger partial charge on any atom is 0.416 e. The van der Waals surface area contributed by atoms with Gasteiger partial charge in [0, 0.05) is 6.20 Å². The van der Waals surface area contributed by atoms with Crippen LogP contribution in [-0.4, -0.2) is 26.2 Å². The Balaban J connectivity index is 1.98. The number of benzene rings is 1. The molecule has 2 aromatic heterocycles. The van der Waals surface area contributed by atoms with Crippen LogP contribution in [0.3, 0.4) is 0 Å². The first-order valence-electron chi connectivity index (χ1n) is 8.19. The van der Waals surface area contributed by atoms with Gasteiger partial charge in [0.1, 0.15) is 5.82 Å². The van der Waals surface area contributed by atoms with Gasteiger partial charge >= 0.3 is 6.18 Å². The molecule has 146 valence electrons. The highest BCUT2D eigenvalue weighted by atomic mass is 19.4. The summed E-state index contributed by atoms with van der Waals surface area (Å²) < 4.78 is 53.6. The van der Waals surface area contributed by atoms with E-state index in [1.165, 1.54) is 10.9 Å². The molecule has 5 nitrogen and oxygen atoms in total. The van der Waals surface area contributed by atoms with E-state index in [0.717, 1.165) is 12.1 Å². The molecule has 0 fully saturated rings. The molecule has 0 aliphatic carbocycles. The Labute approximate surface area is 157 Å². The molecule has 3 rings (SSSR count). The van der Waals surface area contributed by atoms with E-state index in [2.05, 4.69) is 10.1 Å². The van der Waals surface area contributed by atoms with Crippen molar-refractivity contribution >= 4 is 6.29 Å². The first kappa shape index (κ1) is 19.7. The third-order valence-electron chi connectivity index (χ3n) is 4.19. The maximum atomic E-state index is 13.6. The number of pyridine rings is 1. The van der Waals surface area contributed by atoms with E-state index in [1.807, 2.05) is 0 Å². The lowest BCUT2D eigenvalue weighted by Crippen LogP contribution is -2.07. The zero-order chi connectivity index (χ0) is 20.5. The van der Waals surface area contributed by atoms with Gasteiger partial charge in [-0.05, 0) is 54.8 Å². The number of halogens is 4. The lowest BCUT2D eigenvalue weighted by Gasteiger charge is -2.11. The van der Waals surface area contributed by atoms with Crippen LogP contribution in [0.25, 0.3) is 5.82 Å². The van der Waals surface area contributed by atoms with Gasteiger partial charge in [0.15, 0.2) is 12.1 Å². The molecule has 28 heavy (non-hydrogen) atoms. The van der Waals surface area contributed by atoms with Gasteiger partial charge in [0.05, 0.1) is 29.1 Å². The van der Waals surface area contributed by atoms with Gasteiger partial charge in [0.25, 0.3) is 0 Å².